The first-order valence-corrected chi connectivity index (χ1v) is 8.70. The largest absolute Gasteiger partial charge is 0.356 e. The van der Waals surface area contributed by atoms with Gasteiger partial charge in [0.1, 0.15) is 0 Å². The Morgan fingerprint density at radius 2 is 1.62 bits per heavy atom. The van der Waals surface area contributed by atoms with Crippen molar-refractivity contribution in [2.45, 2.75) is 45.1 Å². The molecule has 0 atom stereocenters. The summed E-state index contributed by atoms with van der Waals surface area (Å²) in [6.45, 7) is 2.07. The number of benzene rings is 2. The van der Waals surface area contributed by atoms with Crippen LogP contribution in [0.3, 0.4) is 0 Å². The molecular weight excluding hydrogens is 298 g/mol. The number of amides is 2. The second kappa shape index (κ2) is 7.86. The summed E-state index contributed by atoms with van der Waals surface area (Å²) >= 11 is 0. The zero-order valence-corrected chi connectivity index (χ0v) is 14.1. The lowest BCUT2D eigenvalue weighted by molar-refractivity contribution is 0.244. The van der Waals surface area contributed by atoms with Gasteiger partial charge in [-0.25, -0.2) is 4.79 Å². The van der Waals surface area contributed by atoms with Crippen molar-refractivity contribution in [3.63, 3.8) is 0 Å². The summed E-state index contributed by atoms with van der Waals surface area (Å²) < 4.78 is 0. The third-order valence-corrected chi connectivity index (χ3v) is 4.39. The van der Waals surface area contributed by atoms with E-state index in [0.717, 1.165) is 29.9 Å². The smallest absolute Gasteiger partial charge is 0.319 e. The maximum absolute atomic E-state index is 12.1. The molecule has 3 N–H and O–H groups in total. The van der Waals surface area contributed by atoms with Gasteiger partial charge in [0, 0.05) is 23.1 Å². The zero-order valence-electron chi connectivity index (χ0n) is 14.1. The van der Waals surface area contributed by atoms with Gasteiger partial charge in [0.05, 0.1) is 0 Å². The Morgan fingerprint density at radius 3 is 2.33 bits per heavy atom. The van der Waals surface area contributed by atoms with Gasteiger partial charge in [-0.3, -0.25) is 0 Å². The quantitative estimate of drug-likeness (QED) is 0.725. The van der Waals surface area contributed by atoms with E-state index in [4.69, 9.17) is 0 Å². The van der Waals surface area contributed by atoms with Crippen molar-refractivity contribution in [2.75, 3.05) is 10.6 Å². The third kappa shape index (κ3) is 4.75. The zero-order chi connectivity index (χ0) is 16.8. The molecule has 0 saturated heterocycles. The van der Waals surface area contributed by atoms with Crippen LogP contribution in [0.4, 0.5) is 21.9 Å². The second-order valence-corrected chi connectivity index (χ2v) is 6.51. The SMILES string of the molecule is Cc1cccc(Nc2ccc(NC(=O)NC3CCCCC3)cc2)c1. The molecule has 0 unspecified atom stereocenters. The van der Waals surface area contributed by atoms with Crippen LogP contribution in [0.25, 0.3) is 0 Å². The Hall–Kier alpha value is -2.49. The lowest BCUT2D eigenvalue weighted by atomic mass is 9.96. The molecule has 1 saturated carbocycles. The number of anilines is 3. The molecule has 4 nitrogen and oxygen atoms in total. The first-order chi connectivity index (χ1) is 11.7. The number of urea groups is 1. The first-order valence-electron chi connectivity index (χ1n) is 8.70. The van der Waals surface area contributed by atoms with Crippen molar-refractivity contribution >= 4 is 23.1 Å². The lowest BCUT2D eigenvalue weighted by Gasteiger charge is -2.22. The van der Waals surface area contributed by atoms with Gasteiger partial charge < -0.3 is 16.0 Å². The number of carbonyl (C=O) groups excluding carboxylic acids is 1. The van der Waals surface area contributed by atoms with E-state index in [1.807, 2.05) is 36.4 Å². The highest BCUT2D eigenvalue weighted by molar-refractivity contribution is 5.89. The van der Waals surface area contributed by atoms with Gasteiger partial charge in [-0.05, 0) is 61.7 Å². The minimum Gasteiger partial charge on any atom is -0.356 e. The highest BCUT2D eigenvalue weighted by Crippen LogP contribution is 2.20. The molecule has 1 aliphatic rings. The Kier molecular flexibility index (Phi) is 5.36. The number of hydrogen-bond acceptors (Lipinski definition) is 2. The highest BCUT2D eigenvalue weighted by Gasteiger charge is 2.15. The molecule has 0 aromatic heterocycles. The summed E-state index contributed by atoms with van der Waals surface area (Å²) in [5.41, 5.74) is 4.08. The van der Waals surface area contributed by atoms with E-state index in [1.54, 1.807) is 0 Å². The molecule has 1 fully saturated rings. The number of hydrogen-bond donors (Lipinski definition) is 3. The summed E-state index contributed by atoms with van der Waals surface area (Å²) in [6.07, 6.45) is 5.89. The van der Waals surface area contributed by atoms with Gasteiger partial charge in [0.2, 0.25) is 0 Å². The van der Waals surface area contributed by atoms with E-state index in [2.05, 4.69) is 35.0 Å². The van der Waals surface area contributed by atoms with E-state index >= 15 is 0 Å². The minimum atomic E-state index is -0.110. The van der Waals surface area contributed by atoms with E-state index in [0.29, 0.717) is 6.04 Å². The number of nitrogens with one attached hydrogen (secondary N) is 3. The monoisotopic (exact) mass is 323 g/mol. The minimum absolute atomic E-state index is 0.110. The average Bonchev–Trinajstić information content (AvgIpc) is 2.57. The van der Waals surface area contributed by atoms with E-state index < -0.39 is 0 Å². The molecule has 2 aromatic rings. The van der Waals surface area contributed by atoms with Crippen LogP contribution in [0.1, 0.15) is 37.7 Å². The van der Waals surface area contributed by atoms with Crippen LogP contribution in [0.15, 0.2) is 48.5 Å². The summed E-state index contributed by atoms with van der Waals surface area (Å²) in [5, 5.41) is 9.34. The Morgan fingerprint density at radius 1 is 0.917 bits per heavy atom. The van der Waals surface area contributed by atoms with E-state index in [1.165, 1.54) is 24.8 Å². The molecule has 0 bridgehead atoms. The molecule has 1 aliphatic carbocycles. The van der Waals surface area contributed by atoms with Gasteiger partial charge in [-0.1, -0.05) is 31.4 Å². The van der Waals surface area contributed by atoms with Gasteiger partial charge >= 0.3 is 6.03 Å². The molecule has 0 spiro atoms. The molecule has 0 aliphatic heterocycles. The number of rotatable bonds is 4. The van der Waals surface area contributed by atoms with Crippen LogP contribution in [-0.2, 0) is 0 Å². The molecule has 2 aromatic carbocycles. The van der Waals surface area contributed by atoms with Crippen LogP contribution in [0.5, 0.6) is 0 Å². The normalized spacial score (nSPS) is 14.9. The maximum atomic E-state index is 12.1. The molecule has 3 rings (SSSR count). The Bertz CT molecular complexity index is 676. The van der Waals surface area contributed by atoms with Gasteiger partial charge in [-0.2, -0.15) is 0 Å². The maximum Gasteiger partial charge on any atom is 0.319 e. The topological polar surface area (TPSA) is 53.2 Å². The number of carbonyl (C=O) groups is 1. The first kappa shape index (κ1) is 16.4. The van der Waals surface area contributed by atoms with Crippen molar-refractivity contribution in [2.24, 2.45) is 0 Å². The molecular formula is C20H25N3O. The van der Waals surface area contributed by atoms with Crippen LogP contribution in [0.2, 0.25) is 0 Å². The summed E-state index contributed by atoms with van der Waals surface area (Å²) in [6, 6.07) is 16.2. The molecule has 24 heavy (non-hydrogen) atoms. The van der Waals surface area contributed by atoms with Crippen molar-refractivity contribution < 1.29 is 4.79 Å². The van der Waals surface area contributed by atoms with Gasteiger partial charge in [-0.15, -0.1) is 0 Å². The molecule has 0 heterocycles. The third-order valence-electron chi connectivity index (χ3n) is 4.39. The fourth-order valence-corrected chi connectivity index (χ4v) is 3.13. The van der Waals surface area contributed by atoms with Crippen LogP contribution in [-0.4, -0.2) is 12.1 Å². The van der Waals surface area contributed by atoms with Crippen molar-refractivity contribution in [1.82, 2.24) is 5.32 Å². The van der Waals surface area contributed by atoms with Crippen molar-refractivity contribution in [3.8, 4) is 0 Å². The van der Waals surface area contributed by atoms with E-state index in [-0.39, 0.29) is 6.03 Å². The standard InChI is InChI=1S/C20H25N3O/c1-15-6-5-9-19(14-15)21-17-10-12-18(13-11-17)23-20(24)22-16-7-3-2-4-8-16/h5-6,9-14,16,21H,2-4,7-8H2,1H3,(H2,22,23,24). The predicted molar refractivity (Wildman–Crippen MR) is 99.9 cm³/mol. The highest BCUT2D eigenvalue weighted by atomic mass is 16.2. The Balaban J connectivity index is 1.53. The summed E-state index contributed by atoms with van der Waals surface area (Å²) in [7, 11) is 0. The molecule has 126 valence electrons. The second-order valence-electron chi connectivity index (χ2n) is 6.51. The fraction of sp³-hybridized carbons (Fsp3) is 0.350. The number of aryl methyl sites for hydroxylation is 1. The van der Waals surface area contributed by atoms with Crippen molar-refractivity contribution in [3.05, 3.63) is 54.1 Å². The van der Waals surface area contributed by atoms with Crippen LogP contribution in [0, 0.1) is 6.92 Å². The van der Waals surface area contributed by atoms with Crippen molar-refractivity contribution in [1.29, 1.82) is 0 Å². The summed E-state index contributed by atoms with van der Waals surface area (Å²) in [4.78, 5) is 12.1. The molecule has 2 amide bonds. The average molecular weight is 323 g/mol. The predicted octanol–water partition coefficient (Wildman–Crippen LogP) is 5.19. The molecule has 0 radical (unpaired) electrons. The van der Waals surface area contributed by atoms with E-state index in [9.17, 15) is 4.79 Å². The van der Waals surface area contributed by atoms with Crippen LogP contribution < -0.4 is 16.0 Å². The summed E-state index contributed by atoms with van der Waals surface area (Å²) in [5.74, 6) is 0. The van der Waals surface area contributed by atoms with Gasteiger partial charge in [0.15, 0.2) is 0 Å². The Labute approximate surface area is 143 Å². The lowest BCUT2D eigenvalue weighted by Crippen LogP contribution is -2.38. The fourth-order valence-electron chi connectivity index (χ4n) is 3.13. The van der Waals surface area contributed by atoms with Gasteiger partial charge in [0.25, 0.3) is 0 Å². The van der Waals surface area contributed by atoms with Crippen LogP contribution >= 0.6 is 0 Å². The molecule has 4 heteroatoms.